The second-order valence-electron chi connectivity index (χ2n) is 6.21. The lowest BCUT2D eigenvalue weighted by molar-refractivity contribution is -0.118. The van der Waals surface area contributed by atoms with Crippen molar-refractivity contribution in [3.63, 3.8) is 0 Å². The predicted octanol–water partition coefficient (Wildman–Crippen LogP) is 2.64. The molecule has 4 rings (SSSR count). The highest BCUT2D eigenvalue weighted by Gasteiger charge is 2.36. The number of benzene rings is 2. The van der Waals surface area contributed by atoms with Crippen LogP contribution in [0.25, 0.3) is 10.2 Å². The number of nitrogens with one attached hydrogen (secondary N) is 1. The first-order chi connectivity index (χ1) is 14.0. The molecule has 1 aliphatic heterocycles. The van der Waals surface area contributed by atoms with E-state index in [2.05, 4.69) is 10.3 Å². The van der Waals surface area contributed by atoms with Crippen molar-refractivity contribution in [3.8, 4) is 0 Å². The van der Waals surface area contributed by atoms with Crippen LogP contribution in [-0.4, -0.2) is 41.7 Å². The Balaban J connectivity index is 1.50. The van der Waals surface area contributed by atoms with Crippen molar-refractivity contribution in [2.75, 3.05) is 23.4 Å². The van der Waals surface area contributed by atoms with Gasteiger partial charge in [-0.05, 0) is 37.3 Å². The Kier molecular flexibility index (Phi) is 4.81. The second-order valence-corrected chi connectivity index (χ2v) is 7.24. The minimum absolute atomic E-state index is 0.279. The minimum Gasteiger partial charge on any atom is -0.462 e. The second kappa shape index (κ2) is 7.44. The van der Waals surface area contributed by atoms with Crippen LogP contribution in [0.15, 0.2) is 42.5 Å². The lowest BCUT2D eigenvalue weighted by atomic mass is 10.1. The summed E-state index contributed by atoms with van der Waals surface area (Å²) in [5.74, 6) is -2.26. The maximum atomic E-state index is 12.4. The number of amides is 2. The third kappa shape index (κ3) is 3.47. The van der Waals surface area contributed by atoms with Crippen molar-refractivity contribution in [2.45, 2.75) is 6.92 Å². The van der Waals surface area contributed by atoms with Gasteiger partial charge in [-0.15, -0.1) is 0 Å². The van der Waals surface area contributed by atoms with Gasteiger partial charge in [0.15, 0.2) is 5.13 Å². The smallest absolute Gasteiger partial charge is 0.338 e. The van der Waals surface area contributed by atoms with E-state index in [0.717, 1.165) is 4.90 Å². The lowest BCUT2D eigenvalue weighted by Gasteiger charge is -2.15. The number of hydrogen-bond donors (Lipinski definition) is 1. The van der Waals surface area contributed by atoms with E-state index < -0.39 is 23.6 Å². The number of carbonyl (C=O) groups excluding carboxylic acids is 4. The molecule has 3 aromatic rings. The summed E-state index contributed by atoms with van der Waals surface area (Å²) in [5, 5.41) is 2.98. The number of hydrogen-bond acceptors (Lipinski definition) is 7. The van der Waals surface area contributed by atoms with Crippen LogP contribution in [0.2, 0.25) is 0 Å². The van der Waals surface area contributed by atoms with Gasteiger partial charge in [0.2, 0.25) is 5.91 Å². The van der Waals surface area contributed by atoms with Gasteiger partial charge in [0, 0.05) is 0 Å². The molecule has 1 aliphatic rings. The van der Waals surface area contributed by atoms with E-state index in [9.17, 15) is 19.2 Å². The number of esters is 1. The number of rotatable bonds is 5. The molecule has 0 aliphatic carbocycles. The maximum absolute atomic E-state index is 12.4. The fourth-order valence-electron chi connectivity index (χ4n) is 3.03. The van der Waals surface area contributed by atoms with Gasteiger partial charge >= 0.3 is 5.97 Å². The molecule has 0 saturated heterocycles. The molecule has 146 valence electrons. The number of thiazole rings is 1. The summed E-state index contributed by atoms with van der Waals surface area (Å²) in [5.41, 5.74) is 1.73. The van der Waals surface area contributed by atoms with Gasteiger partial charge in [-0.3, -0.25) is 19.3 Å². The van der Waals surface area contributed by atoms with E-state index >= 15 is 0 Å². The van der Waals surface area contributed by atoms with E-state index in [1.807, 2.05) is 0 Å². The topological polar surface area (TPSA) is 106 Å². The van der Waals surface area contributed by atoms with Gasteiger partial charge in [-0.2, -0.15) is 0 Å². The molecule has 2 aromatic carbocycles. The van der Waals surface area contributed by atoms with Crippen LogP contribution in [0.3, 0.4) is 0 Å². The summed E-state index contributed by atoms with van der Waals surface area (Å²) < 4.78 is 5.69. The van der Waals surface area contributed by atoms with Gasteiger partial charge in [0.25, 0.3) is 11.7 Å². The summed E-state index contributed by atoms with van der Waals surface area (Å²) in [6.07, 6.45) is 0. The van der Waals surface area contributed by atoms with Gasteiger partial charge < -0.3 is 10.1 Å². The fourth-order valence-corrected chi connectivity index (χ4v) is 3.95. The number of aromatic nitrogens is 1. The largest absolute Gasteiger partial charge is 0.462 e. The van der Waals surface area contributed by atoms with Crippen LogP contribution in [0, 0.1) is 0 Å². The van der Waals surface area contributed by atoms with E-state index in [1.54, 1.807) is 49.4 Å². The highest BCUT2D eigenvalue weighted by molar-refractivity contribution is 7.22. The van der Waals surface area contributed by atoms with Crippen LogP contribution in [0.1, 0.15) is 27.6 Å². The maximum Gasteiger partial charge on any atom is 0.338 e. The molecule has 8 nitrogen and oxygen atoms in total. The molecule has 2 heterocycles. The third-order valence-electron chi connectivity index (χ3n) is 4.33. The molecular formula is C20H15N3O5S. The number of ketones is 1. The highest BCUT2D eigenvalue weighted by Crippen LogP contribution is 2.29. The van der Waals surface area contributed by atoms with Gasteiger partial charge in [0.05, 0.1) is 33.6 Å². The summed E-state index contributed by atoms with van der Waals surface area (Å²) in [4.78, 5) is 54.0. The van der Waals surface area contributed by atoms with Gasteiger partial charge in [0.1, 0.15) is 6.54 Å². The molecule has 0 radical (unpaired) electrons. The van der Waals surface area contributed by atoms with Crippen molar-refractivity contribution in [3.05, 3.63) is 53.6 Å². The predicted molar refractivity (Wildman–Crippen MR) is 107 cm³/mol. The van der Waals surface area contributed by atoms with Crippen LogP contribution in [0.5, 0.6) is 0 Å². The molecule has 0 spiro atoms. The molecular weight excluding hydrogens is 394 g/mol. The van der Waals surface area contributed by atoms with E-state index in [4.69, 9.17) is 4.74 Å². The Bertz CT molecular complexity index is 1170. The van der Waals surface area contributed by atoms with E-state index in [0.29, 0.717) is 26.6 Å². The van der Waals surface area contributed by atoms with Gasteiger partial charge in [-0.25, -0.2) is 9.78 Å². The van der Waals surface area contributed by atoms with Crippen molar-refractivity contribution >= 4 is 55.9 Å². The molecule has 1 N–H and O–H groups in total. The van der Waals surface area contributed by atoms with Crippen LogP contribution in [-0.2, 0) is 14.3 Å². The quantitative estimate of drug-likeness (QED) is 0.513. The summed E-state index contributed by atoms with van der Waals surface area (Å²) in [7, 11) is 0. The Morgan fingerprint density at radius 1 is 1.17 bits per heavy atom. The number of ether oxygens (including phenoxy) is 1. The normalized spacial score (nSPS) is 12.9. The SMILES string of the molecule is CCOC(=O)c1ccc2nc(NC(=O)CN3C(=O)C(=O)c4ccccc43)sc2c1. The van der Waals surface area contributed by atoms with Crippen molar-refractivity contribution in [1.29, 1.82) is 0 Å². The Labute approximate surface area is 169 Å². The zero-order valence-corrected chi connectivity index (χ0v) is 16.1. The average Bonchev–Trinajstić information content (AvgIpc) is 3.21. The fraction of sp³-hybridized carbons (Fsp3) is 0.150. The molecule has 1 aromatic heterocycles. The van der Waals surface area contributed by atoms with Gasteiger partial charge in [-0.1, -0.05) is 23.5 Å². The lowest BCUT2D eigenvalue weighted by Crippen LogP contribution is -2.37. The molecule has 9 heteroatoms. The Morgan fingerprint density at radius 3 is 2.76 bits per heavy atom. The zero-order valence-electron chi connectivity index (χ0n) is 15.3. The molecule has 0 atom stereocenters. The first-order valence-electron chi connectivity index (χ1n) is 8.80. The molecule has 0 bridgehead atoms. The molecule has 0 saturated carbocycles. The molecule has 0 fully saturated rings. The number of carbonyl (C=O) groups is 4. The molecule has 0 unspecified atom stereocenters. The van der Waals surface area contributed by atoms with Crippen LogP contribution >= 0.6 is 11.3 Å². The van der Waals surface area contributed by atoms with E-state index in [-0.39, 0.29) is 18.7 Å². The summed E-state index contributed by atoms with van der Waals surface area (Å²) in [6.45, 7) is 1.71. The third-order valence-corrected chi connectivity index (χ3v) is 5.26. The number of para-hydroxylation sites is 1. The summed E-state index contributed by atoms with van der Waals surface area (Å²) in [6, 6.07) is 11.5. The first kappa shape index (κ1) is 18.8. The Morgan fingerprint density at radius 2 is 1.97 bits per heavy atom. The van der Waals surface area contributed by atoms with E-state index in [1.165, 1.54) is 11.3 Å². The summed E-state index contributed by atoms with van der Waals surface area (Å²) >= 11 is 1.20. The minimum atomic E-state index is -0.732. The van der Waals surface area contributed by atoms with Crippen molar-refractivity contribution in [2.24, 2.45) is 0 Å². The number of Topliss-reactive ketones (excluding diaryl/α,β-unsaturated/α-hetero) is 1. The number of fused-ring (bicyclic) bond motifs is 2. The monoisotopic (exact) mass is 409 g/mol. The average molecular weight is 409 g/mol. The number of anilines is 2. The first-order valence-corrected chi connectivity index (χ1v) is 9.62. The standard InChI is InChI=1S/C20H15N3O5S/c1-2-28-19(27)11-7-8-13-15(9-11)29-20(21-13)22-16(24)10-23-14-6-4-3-5-12(14)17(25)18(23)26/h3-9H,2,10H2,1H3,(H,21,22,24). The van der Waals surface area contributed by atoms with Crippen LogP contribution in [0.4, 0.5) is 10.8 Å². The zero-order chi connectivity index (χ0) is 20.5. The highest BCUT2D eigenvalue weighted by atomic mass is 32.1. The molecule has 29 heavy (non-hydrogen) atoms. The molecule has 2 amide bonds. The van der Waals surface area contributed by atoms with Crippen molar-refractivity contribution in [1.82, 2.24) is 4.98 Å². The Hall–Kier alpha value is -3.59. The van der Waals surface area contributed by atoms with Crippen LogP contribution < -0.4 is 10.2 Å². The van der Waals surface area contributed by atoms with Crippen molar-refractivity contribution < 1.29 is 23.9 Å². The number of nitrogens with zero attached hydrogens (tertiary/aromatic N) is 2.